The van der Waals surface area contributed by atoms with Crippen LogP contribution in [0.15, 0.2) is 18.2 Å². The van der Waals surface area contributed by atoms with Crippen molar-refractivity contribution in [3.05, 3.63) is 34.9 Å². The predicted molar refractivity (Wildman–Crippen MR) is 117 cm³/mol. The van der Waals surface area contributed by atoms with Crippen LogP contribution in [0.1, 0.15) is 34.3 Å². The number of ether oxygens (including phenoxy) is 1. The summed E-state index contributed by atoms with van der Waals surface area (Å²) in [6.45, 7) is -0.928. The van der Waals surface area contributed by atoms with Gasteiger partial charge in [-0.2, -0.15) is 39.5 Å². The van der Waals surface area contributed by atoms with Crippen LogP contribution in [0.3, 0.4) is 0 Å². The number of hydrogen-bond acceptors (Lipinski definition) is 5. The number of piperidine rings is 1. The number of halogens is 9. The van der Waals surface area contributed by atoms with E-state index < -0.39 is 54.1 Å². The van der Waals surface area contributed by atoms with E-state index in [0.29, 0.717) is 11.0 Å². The van der Waals surface area contributed by atoms with Crippen LogP contribution >= 0.6 is 0 Å². The van der Waals surface area contributed by atoms with Crippen LogP contribution in [0.25, 0.3) is 0 Å². The number of likely N-dealkylation sites (tertiary alicyclic amines) is 1. The van der Waals surface area contributed by atoms with Crippen molar-refractivity contribution in [2.75, 3.05) is 39.3 Å². The third kappa shape index (κ3) is 7.69. The summed E-state index contributed by atoms with van der Waals surface area (Å²) < 4.78 is 120. The minimum absolute atomic E-state index is 0.0170. The Kier molecular flexibility index (Phi) is 9.16. The zero-order valence-corrected chi connectivity index (χ0v) is 20.6. The topological polar surface area (TPSA) is 90.4 Å². The molecule has 0 atom stereocenters. The molecule has 17 heteroatoms. The molecule has 2 aliphatic heterocycles. The Balaban J connectivity index is 1.70. The van der Waals surface area contributed by atoms with Crippen LogP contribution in [-0.4, -0.2) is 95.5 Å². The lowest BCUT2D eigenvalue weighted by atomic mass is 9.95. The highest BCUT2D eigenvalue weighted by Crippen LogP contribution is 2.36. The number of rotatable bonds is 5. The molecule has 0 bridgehead atoms. The number of hydrogen-bond donors (Lipinski definition) is 1. The number of nitrogens with zero attached hydrogens (tertiary/aromatic N) is 3. The summed E-state index contributed by atoms with van der Waals surface area (Å²) in [5.41, 5.74) is -1.19. The van der Waals surface area contributed by atoms with E-state index in [2.05, 4.69) is 4.74 Å². The zero-order chi connectivity index (χ0) is 30.0. The van der Waals surface area contributed by atoms with Crippen molar-refractivity contribution in [1.29, 1.82) is 0 Å². The molecule has 224 valence electrons. The standard InChI is InChI=1S/C23H24F9N3O5/c24-21(25,26)15-2-1-14(16(11-15)17(36)34-5-3-13(4-6-34)18(37)38)12-33-7-9-35(10-8-33)20(39)40-19(22(27,28)29)23(30,31)32/h1-2,11,13,19H,3-10,12H2,(H,37,38). The van der Waals surface area contributed by atoms with Gasteiger partial charge in [-0.1, -0.05) is 6.07 Å². The summed E-state index contributed by atoms with van der Waals surface area (Å²) in [6, 6.07) is 2.55. The average molecular weight is 593 g/mol. The first-order valence-electron chi connectivity index (χ1n) is 11.9. The van der Waals surface area contributed by atoms with Gasteiger partial charge in [-0.05, 0) is 30.5 Å². The average Bonchev–Trinajstić information content (AvgIpc) is 2.85. The van der Waals surface area contributed by atoms with Crippen LogP contribution in [-0.2, 0) is 22.3 Å². The lowest BCUT2D eigenvalue weighted by molar-refractivity contribution is -0.308. The van der Waals surface area contributed by atoms with Gasteiger partial charge in [0.2, 0.25) is 0 Å². The SMILES string of the molecule is O=C(O)C1CCN(C(=O)c2cc(C(F)(F)F)ccc2CN2CCN(C(=O)OC(C(F)(F)F)C(F)(F)F)CC2)CC1. The summed E-state index contributed by atoms with van der Waals surface area (Å²) in [7, 11) is 0. The number of alkyl halides is 9. The quantitative estimate of drug-likeness (QED) is 0.510. The van der Waals surface area contributed by atoms with Crippen molar-refractivity contribution >= 4 is 18.0 Å². The fraction of sp³-hybridized carbons (Fsp3) is 0.609. The summed E-state index contributed by atoms with van der Waals surface area (Å²) in [4.78, 5) is 39.8. The van der Waals surface area contributed by atoms with Gasteiger partial charge >= 0.3 is 30.6 Å². The van der Waals surface area contributed by atoms with E-state index in [4.69, 9.17) is 5.11 Å². The van der Waals surface area contributed by atoms with Crippen molar-refractivity contribution in [3.8, 4) is 0 Å². The predicted octanol–water partition coefficient (Wildman–Crippen LogP) is 4.39. The zero-order valence-electron chi connectivity index (χ0n) is 20.6. The Morgan fingerprint density at radius 2 is 1.40 bits per heavy atom. The van der Waals surface area contributed by atoms with Crippen molar-refractivity contribution in [1.82, 2.24) is 14.7 Å². The Labute approximate surface area is 221 Å². The van der Waals surface area contributed by atoms with Gasteiger partial charge in [0, 0.05) is 51.4 Å². The molecular formula is C23H24F9N3O5. The summed E-state index contributed by atoms with van der Waals surface area (Å²) in [5, 5.41) is 9.13. The van der Waals surface area contributed by atoms with Gasteiger partial charge in [0.25, 0.3) is 12.0 Å². The number of carboxylic acid groups (broad SMARTS) is 1. The molecule has 0 spiro atoms. The van der Waals surface area contributed by atoms with Gasteiger partial charge in [0.15, 0.2) is 0 Å². The monoisotopic (exact) mass is 593 g/mol. The molecule has 2 amide bonds. The molecule has 2 fully saturated rings. The van der Waals surface area contributed by atoms with Crippen molar-refractivity contribution < 1.29 is 63.7 Å². The lowest BCUT2D eigenvalue weighted by Crippen LogP contribution is -2.52. The maximum Gasteiger partial charge on any atom is 0.434 e. The van der Waals surface area contributed by atoms with Gasteiger partial charge in [0.1, 0.15) is 0 Å². The van der Waals surface area contributed by atoms with Gasteiger partial charge in [0.05, 0.1) is 11.5 Å². The molecule has 0 radical (unpaired) electrons. The molecule has 3 rings (SSSR count). The van der Waals surface area contributed by atoms with Gasteiger partial charge in [-0.3, -0.25) is 14.5 Å². The van der Waals surface area contributed by atoms with E-state index >= 15 is 0 Å². The second-order valence-corrected chi connectivity index (χ2v) is 9.38. The number of carboxylic acids is 1. The molecule has 0 aliphatic carbocycles. The molecule has 0 unspecified atom stereocenters. The molecule has 40 heavy (non-hydrogen) atoms. The fourth-order valence-corrected chi connectivity index (χ4v) is 4.41. The first kappa shape index (κ1) is 31.3. The highest BCUT2D eigenvalue weighted by molar-refractivity contribution is 5.96. The molecule has 0 saturated carbocycles. The number of benzene rings is 1. The fourth-order valence-electron chi connectivity index (χ4n) is 4.41. The minimum atomic E-state index is -5.87. The van der Waals surface area contributed by atoms with Gasteiger partial charge in [-0.25, -0.2) is 4.79 Å². The van der Waals surface area contributed by atoms with Crippen LogP contribution < -0.4 is 0 Å². The van der Waals surface area contributed by atoms with E-state index in [1.54, 1.807) is 4.90 Å². The van der Waals surface area contributed by atoms with Crippen LogP contribution in [0.5, 0.6) is 0 Å². The van der Waals surface area contributed by atoms with Crippen molar-refractivity contribution in [3.63, 3.8) is 0 Å². The van der Waals surface area contributed by atoms with Gasteiger partial charge in [-0.15, -0.1) is 0 Å². The number of aliphatic carboxylic acids is 1. The highest BCUT2D eigenvalue weighted by Gasteiger charge is 2.60. The molecule has 0 aromatic heterocycles. The number of amides is 2. The number of carbonyl (C=O) groups excluding carboxylic acids is 2. The van der Waals surface area contributed by atoms with E-state index in [-0.39, 0.29) is 69.8 Å². The summed E-state index contributed by atoms with van der Waals surface area (Å²) in [5.74, 6) is -2.46. The molecule has 2 heterocycles. The first-order valence-corrected chi connectivity index (χ1v) is 11.9. The number of carbonyl (C=O) groups is 3. The Morgan fingerprint density at radius 3 is 1.88 bits per heavy atom. The minimum Gasteiger partial charge on any atom is -0.481 e. The molecule has 2 aliphatic rings. The molecule has 1 aromatic carbocycles. The lowest BCUT2D eigenvalue weighted by Gasteiger charge is -2.36. The van der Waals surface area contributed by atoms with Gasteiger partial charge < -0.3 is 19.6 Å². The van der Waals surface area contributed by atoms with E-state index in [0.717, 1.165) is 12.1 Å². The van der Waals surface area contributed by atoms with E-state index in [1.807, 2.05) is 0 Å². The van der Waals surface area contributed by atoms with Crippen LogP contribution in [0.4, 0.5) is 44.3 Å². The highest BCUT2D eigenvalue weighted by atomic mass is 19.4. The molecule has 1 aromatic rings. The first-order chi connectivity index (χ1) is 18.4. The molecule has 2 saturated heterocycles. The summed E-state index contributed by atoms with van der Waals surface area (Å²) in [6.07, 6.45) is -22.4. The number of piperazine rings is 1. The second kappa shape index (κ2) is 11.7. The third-order valence-electron chi connectivity index (χ3n) is 6.64. The van der Waals surface area contributed by atoms with Crippen LogP contribution in [0, 0.1) is 5.92 Å². The largest absolute Gasteiger partial charge is 0.481 e. The van der Waals surface area contributed by atoms with Crippen molar-refractivity contribution in [2.24, 2.45) is 5.92 Å². The Hall–Kier alpha value is -3.24. The second-order valence-electron chi connectivity index (χ2n) is 9.38. The smallest absolute Gasteiger partial charge is 0.434 e. The maximum absolute atomic E-state index is 13.4. The van der Waals surface area contributed by atoms with Crippen molar-refractivity contribution in [2.45, 2.75) is 44.0 Å². The molecule has 8 nitrogen and oxygen atoms in total. The maximum atomic E-state index is 13.4. The summed E-state index contributed by atoms with van der Waals surface area (Å²) >= 11 is 0. The molecule has 1 N–H and O–H groups in total. The Morgan fingerprint density at radius 1 is 0.850 bits per heavy atom. The third-order valence-corrected chi connectivity index (χ3v) is 6.64. The Bertz CT molecular complexity index is 1080. The normalized spacial score (nSPS) is 18.2. The van der Waals surface area contributed by atoms with E-state index in [1.165, 1.54) is 4.90 Å². The molecular weight excluding hydrogens is 569 g/mol. The van der Waals surface area contributed by atoms with E-state index in [9.17, 15) is 53.9 Å². The van der Waals surface area contributed by atoms with Crippen LogP contribution in [0.2, 0.25) is 0 Å².